The fourth-order valence-electron chi connectivity index (χ4n) is 3.73. The van der Waals surface area contributed by atoms with E-state index in [9.17, 15) is 13.2 Å². The van der Waals surface area contributed by atoms with Gasteiger partial charge in [0.05, 0.1) is 15.1 Å². The summed E-state index contributed by atoms with van der Waals surface area (Å²) in [5.74, 6) is -0.179. The third-order valence-electron chi connectivity index (χ3n) is 5.95. The molecule has 1 heterocycles. The molecule has 35 heavy (non-hydrogen) atoms. The summed E-state index contributed by atoms with van der Waals surface area (Å²) in [6.45, 7) is 5.98. The standard InChI is InChI=1S/C26H36N4O3S2/c1-6-8-17-29(5)35(32,33)22-13-11-21(12-14-22)25(31)30(18-9-16-28(3)4)26-27-23-15-10-20(7-2)19-24(23)34-26/h10-15,19H,6-9,16-18H2,1-5H3. The van der Waals surface area contributed by atoms with Gasteiger partial charge in [0.25, 0.3) is 5.91 Å². The average Bonchev–Trinajstić information content (AvgIpc) is 3.27. The lowest BCUT2D eigenvalue weighted by Gasteiger charge is -2.21. The Morgan fingerprint density at radius 1 is 0.943 bits per heavy atom. The highest BCUT2D eigenvalue weighted by Crippen LogP contribution is 2.31. The molecule has 3 aromatic rings. The van der Waals surface area contributed by atoms with Crippen LogP contribution in [0.2, 0.25) is 0 Å². The topological polar surface area (TPSA) is 73.8 Å². The smallest absolute Gasteiger partial charge is 0.260 e. The number of benzene rings is 2. The predicted molar refractivity (Wildman–Crippen MR) is 145 cm³/mol. The third-order valence-corrected chi connectivity index (χ3v) is 8.86. The van der Waals surface area contributed by atoms with E-state index in [0.29, 0.717) is 23.8 Å². The van der Waals surface area contributed by atoms with E-state index in [-0.39, 0.29) is 10.8 Å². The third kappa shape index (κ3) is 6.67. The first-order valence-corrected chi connectivity index (χ1v) is 14.4. The highest BCUT2D eigenvalue weighted by Gasteiger charge is 2.24. The molecule has 2 aromatic carbocycles. The Morgan fingerprint density at radius 3 is 2.29 bits per heavy atom. The summed E-state index contributed by atoms with van der Waals surface area (Å²) >= 11 is 1.51. The van der Waals surface area contributed by atoms with Crippen LogP contribution >= 0.6 is 11.3 Å². The first kappa shape index (κ1) is 27.3. The maximum absolute atomic E-state index is 13.6. The molecule has 7 nitrogen and oxygen atoms in total. The summed E-state index contributed by atoms with van der Waals surface area (Å²) in [6, 6.07) is 12.5. The second-order valence-electron chi connectivity index (χ2n) is 8.97. The molecule has 0 bridgehead atoms. The van der Waals surface area contributed by atoms with Gasteiger partial charge in [-0.25, -0.2) is 17.7 Å². The van der Waals surface area contributed by atoms with E-state index in [1.165, 1.54) is 33.3 Å². The number of fused-ring (bicyclic) bond motifs is 1. The zero-order chi connectivity index (χ0) is 25.6. The van der Waals surface area contributed by atoms with Gasteiger partial charge in [-0.2, -0.15) is 0 Å². The predicted octanol–water partition coefficient (Wildman–Crippen LogP) is 4.88. The van der Waals surface area contributed by atoms with Crippen LogP contribution in [0, 0.1) is 0 Å². The molecule has 0 atom stereocenters. The minimum atomic E-state index is -3.58. The van der Waals surface area contributed by atoms with Crippen LogP contribution in [0.3, 0.4) is 0 Å². The number of carbonyl (C=O) groups excluding carboxylic acids is 1. The van der Waals surface area contributed by atoms with Crippen molar-refractivity contribution in [2.24, 2.45) is 0 Å². The number of hydrogen-bond donors (Lipinski definition) is 0. The first-order valence-electron chi connectivity index (χ1n) is 12.1. The molecule has 0 aliphatic rings. The van der Waals surface area contributed by atoms with Gasteiger partial charge in [0.1, 0.15) is 0 Å². The fraction of sp³-hybridized carbons (Fsp3) is 0.462. The maximum atomic E-state index is 13.6. The van der Waals surface area contributed by atoms with Gasteiger partial charge in [-0.3, -0.25) is 9.69 Å². The maximum Gasteiger partial charge on any atom is 0.260 e. The van der Waals surface area contributed by atoms with Gasteiger partial charge in [-0.1, -0.05) is 37.7 Å². The number of amides is 1. The lowest BCUT2D eigenvalue weighted by molar-refractivity contribution is 0.0986. The van der Waals surface area contributed by atoms with Crippen molar-refractivity contribution in [1.82, 2.24) is 14.2 Å². The van der Waals surface area contributed by atoms with E-state index < -0.39 is 10.0 Å². The van der Waals surface area contributed by atoms with Crippen molar-refractivity contribution in [3.63, 3.8) is 0 Å². The highest BCUT2D eigenvalue weighted by atomic mass is 32.2. The Balaban J connectivity index is 1.88. The van der Waals surface area contributed by atoms with Crippen molar-refractivity contribution in [2.45, 2.75) is 44.4 Å². The molecule has 0 N–H and O–H groups in total. The molecule has 0 unspecified atom stereocenters. The Kier molecular flexibility index (Phi) is 9.40. The lowest BCUT2D eigenvalue weighted by atomic mass is 10.2. The van der Waals surface area contributed by atoms with Crippen LogP contribution in [0.1, 0.15) is 49.0 Å². The quantitative estimate of drug-likeness (QED) is 0.343. The van der Waals surface area contributed by atoms with Gasteiger partial charge in [-0.15, -0.1) is 0 Å². The number of aromatic nitrogens is 1. The monoisotopic (exact) mass is 516 g/mol. The van der Waals surface area contributed by atoms with Crippen molar-refractivity contribution >= 4 is 42.6 Å². The summed E-state index contributed by atoms with van der Waals surface area (Å²) in [5.41, 5.74) is 2.56. The number of rotatable bonds is 12. The molecule has 0 spiro atoms. The molecule has 1 amide bonds. The summed E-state index contributed by atoms with van der Waals surface area (Å²) in [4.78, 5) is 22.3. The second-order valence-corrected chi connectivity index (χ2v) is 12.0. The zero-order valence-electron chi connectivity index (χ0n) is 21.3. The summed E-state index contributed by atoms with van der Waals surface area (Å²) in [7, 11) is 2.02. The van der Waals surface area contributed by atoms with Crippen LogP contribution in [0.25, 0.3) is 10.2 Å². The van der Waals surface area contributed by atoms with Crippen molar-refractivity contribution < 1.29 is 13.2 Å². The minimum Gasteiger partial charge on any atom is -0.309 e. The van der Waals surface area contributed by atoms with Gasteiger partial charge >= 0.3 is 0 Å². The number of sulfonamides is 1. The van der Waals surface area contributed by atoms with Gasteiger partial charge < -0.3 is 4.90 Å². The second kappa shape index (κ2) is 12.1. The number of aryl methyl sites for hydroxylation is 1. The fourth-order valence-corrected chi connectivity index (χ4v) is 5.99. The Labute approximate surface area is 213 Å². The molecular formula is C26H36N4O3S2. The summed E-state index contributed by atoms with van der Waals surface area (Å²) in [5, 5.41) is 0.660. The molecule has 0 saturated carbocycles. The number of nitrogens with zero attached hydrogens (tertiary/aromatic N) is 4. The van der Waals surface area contributed by atoms with E-state index >= 15 is 0 Å². The molecule has 9 heteroatoms. The summed E-state index contributed by atoms with van der Waals surface area (Å²) in [6.07, 6.45) is 3.46. The van der Waals surface area contributed by atoms with Crippen LogP contribution in [-0.2, 0) is 16.4 Å². The molecular weight excluding hydrogens is 480 g/mol. The largest absolute Gasteiger partial charge is 0.309 e. The van der Waals surface area contributed by atoms with Crippen LogP contribution in [-0.4, -0.2) is 69.3 Å². The van der Waals surface area contributed by atoms with Crippen LogP contribution in [0.15, 0.2) is 47.4 Å². The number of unbranched alkanes of at least 4 members (excludes halogenated alkanes) is 1. The van der Waals surface area contributed by atoms with Gasteiger partial charge in [-0.05, 0) is 81.9 Å². The molecule has 0 fully saturated rings. The Morgan fingerprint density at radius 2 is 1.66 bits per heavy atom. The SMILES string of the molecule is CCCCN(C)S(=O)(=O)c1ccc(C(=O)N(CCCN(C)C)c2nc3ccc(CC)cc3s2)cc1. The molecule has 190 valence electrons. The van der Waals surface area contributed by atoms with Crippen molar-refractivity contribution in [3.05, 3.63) is 53.6 Å². The van der Waals surface area contributed by atoms with E-state index in [2.05, 4.69) is 24.0 Å². The summed E-state index contributed by atoms with van der Waals surface area (Å²) < 4.78 is 28.1. The number of anilines is 1. The molecule has 1 aromatic heterocycles. The van der Waals surface area contributed by atoms with E-state index in [0.717, 1.165) is 42.4 Å². The minimum absolute atomic E-state index is 0.179. The van der Waals surface area contributed by atoms with Gasteiger partial charge in [0.15, 0.2) is 5.13 Å². The molecule has 0 aliphatic heterocycles. The van der Waals surface area contributed by atoms with Gasteiger partial charge in [0.2, 0.25) is 10.0 Å². The van der Waals surface area contributed by atoms with Crippen molar-refractivity contribution in [2.75, 3.05) is 45.7 Å². The molecule has 0 radical (unpaired) electrons. The highest BCUT2D eigenvalue weighted by molar-refractivity contribution is 7.89. The Bertz CT molecular complexity index is 1240. The molecule has 3 rings (SSSR count). The lowest BCUT2D eigenvalue weighted by Crippen LogP contribution is -2.33. The van der Waals surface area contributed by atoms with Crippen LogP contribution in [0.5, 0.6) is 0 Å². The van der Waals surface area contributed by atoms with Crippen molar-refractivity contribution in [3.8, 4) is 0 Å². The van der Waals surface area contributed by atoms with Gasteiger partial charge in [0, 0.05) is 25.7 Å². The number of thiazole rings is 1. The van der Waals surface area contributed by atoms with E-state index in [4.69, 9.17) is 4.98 Å². The molecule has 0 saturated heterocycles. The van der Waals surface area contributed by atoms with Crippen molar-refractivity contribution in [1.29, 1.82) is 0 Å². The van der Waals surface area contributed by atoms with E-state index in [1.54, 1.807) is 24.1 Å². The van der Waals surface area contributed by atoms with Crippen LogP contribution < -0.4 is 4.90 Å². The number of hydrogen-bond acceptors (Lipinski definition) is 6. The zero-order valence-corrected chi connectivity index (χ0v) is 23.0. The number of carbonyl (C=O) groups is 1. The average molecular weight is 517 g/mol. The molecule has 0 aliphatic carbocycles. The van der Waals surface area contributed by atoms with E-state index in [1.807, 2.05) is 27.1 Å². The van der Waals surface area contributed by atoms with Crippen LogP contribution in [0.4, 0.5) is 5.13 Å². The Hall–Kier alpha value is -2.33. The first-order chi connectivity index (χ1) is 16.7. The normalized spacial score (nSPS) is 12.1.